The SMILES string of the molecule is O=C(O)c1cncc(-c2cnc(Nc3ccc(F)c(Cl)c3)nc2-n2cccc2)c1. The maximum absolute atomic E-state index is 13.4. The number of hydrogen-bond donors (Lipinski definition) is 2. The van der Waals surface area contributed by atoms with Crippen molar-refractivity contribution in [1.29, 1.82) is 0 Å². The highest BCUT2D eigenvalue weighted by molar-refractivity contribution is 6.31. The third kappa shape index (κ3) is 3.92. The van der Waals surface area contributed by atoms with Gasteiger partial charge in [0.25, 0.3) is 0 Å². The minimum Gasteiger partial charge on any atom is -0.478 e. The summed E-state index contributed by atoms with van der Waals surface area (Å²) in [7, 11) is 0. The molecule has 0 saturated carbocycles. The summed E-state index contributed by atoms with van der Waals surface area (Å²) in [5.74, 6) is -0.811. The molecule has 0 radical (unpaired) electrons. The number of benzene rings is 1. The first-order chi connectivity index (χ1) is 14.0. The van der Waals surface area contributed by atoms with E-state index in [-0.39, 0.29) is 16.5 Å². The van der Waals surface area contributed by atoms with Crippen molar-refractivity contribution in [2.75, 3.05) is 5.32 Å². The molecule has 4 aromatic rings. The van der Waals surface area contributed by atoms with Gasteiger partial charge < -0.3 is 15.0 Å². The lowest BCUT2D eigenvalue weighted by molar-refractivity contribution is 0.0696. The zero-order valence-corrected chi connectivity index (χ0v) is 15.5. The van der Waals surface area contributed by atoms with Crippen molar-refractivity contribution in [2.24, 2.45) is 0 Å². The van der Waals surface area contributed by atoms with Crippen molar-refractivity contribution in [1.82, 2.24) is 19.5 Å². The molecule has 4 rings (SSSR count). The summed E-state index contributed by atoms with van der Waals surface area (Å²) < 4.78 is 15.1. The van der Waals surface area contributed by atoms with E-state index < -0.39 is 11.8 Å². The molecule has 0 saturated heterocycles. The van der Waals surface area contributed by atoms with Gasteiger partial charge in [-0.05, 0) is 36.4 Å². The molecule has 0 atom stereocenters. The second-order valence-electron chi connectivity index (χ2n) is 6.04. The standard InChI is InChI=1S/C20H13ClFN5O2/c21-16-8-14(3-4-17(16)22)25-20-24-11-15(18(26-20)27-5-1-2-6-27)12-7-13(19(28)29)10-23-9-12/h1-11H,(H,28,29)(H,24,25,26). The highest BCUT2D eigenvalue weighted by atomic mass is 35.5. The molecule has 3 heterocycles. The van der Waals surface area contributed by atoms with E-state index in [1.165, 1.54) is 30.5 Å². The number of hydrogen-bond acceptors (Lipinski definition) is 5. The molecule has 7 nitrogen and oxygen atoms in total. The Bertz CT molecular complexity index is 1200. The molecule has 0 amide bonds. The highest BCUT2D eigenvalue weighted by Crippen LogP contribution is 2.27. The average Bonchev–Trinajstić information content (AvgIpc) is 3.25. The number of carboxylic acids is 1. The fraction of sp³-hybridized carbons (Fsp3) is 0. The summed E-state index contributed by atoms with van der Waals surface area (Å²) in [6.07, 6.45) is 8.00. The Balaban J connectivity index is 1.78. The van der Waals surface area contributed by atoms with Crippen LogP contribution in [0.1, 0.15) is 10.4 Å². The fourth-order valence-electron chi connectivity index (χ4n) is 2.72. The Kier molecular flexibility index (Phi) is 4.92. The van der Waals surface area contributed by atoms with E-state index in [2.05, 4.69) is 20.3 Å². The molecule has 0 aliphatic heterocycles. The van der Waals surface area contributed by atoms with Gasteiger partial charge in [0.1, 0.15) is 11.6 Å². The predicted molar refractivity (Wildman–Crippen MR) is 106 cm³/mol. The minimum absolute atomic E-state index is 0.0196. The molecular weight excluding hydrogens is 397 g/mol. The third-order valence-corrected chi connectivity index (χ3v) is 4.38. The maximum Gasteiger partial charge on any atom is 0.337 e. The van der Waals surface area contributed by atoms with E-state index in [9.17, 15) is 14.3 Å². The number of nitrogens with one attached hydrogen (secondary N) is 1. The van der Waals surface area contributed by atoms with Crippen LogP contribution in [0.15, 0.2) is 67.4 Å². The summed E-state index contributed by atoms with van der Waals surface area (Å²) in [6.45, 7) is 0. The third-order valence-electron chi connectivity index (χ3n) is 4.09. The van der Waals surface area contributed by atoms with Crippen LogP contribution in [0.25, 0.3) is 16.9 Å². The first-order valence-corrected chi connectivity index (χ1v) is 8.80. The first kappa shape index (κ1) is 18.6. The molecule has 1 aromatic carbocycles. The van der Waals surface area contributed by atoms with Gasteiger partial charge in [-0.2, -0.15) is 4.98 Å². The van der Waals surface area contributed by atoms with Crippen molar-refractivity contribution >= 4 is 29.2 Å². The van der Waals surface area contributed by atoms with Crippen LogP contribution in [-0.2, 0) is 0 Å². The van der Waals surface area contributed by atoms with Crippen LogP contribution in [0.4, 0.5) is 16.0 Å². The molecule has 0 spiro atoms. The van der Waals surface area contributed by atoms with Crippen LogP contribution >= 0.6 is 11.6 Å². The van der Waals surface area contributed by atoms with E-state index >= 15 is 0 Å². The maximum atomic E-state index is 13.4. The predicted octanol–water partition coefficient (Wildman–Crippen LogP) is 4.56. The van der Waals surface area contributed by atoms with Crippen LogP contribution in [0.2, 0.25) is 5.02 Å². The van der Waals surface area contributed by atoms with Crippen molar-refractivity contribution in [3.05, 3.63) is 83.8 Å². The number of pyridine rings is 1. The molecule has 0 fully saturated rings. The summed E-state index contributed by atoms with van der Waals surface area (Å²) in [4.78, 5) is 24.1. The lowest BCUT2D eigenvalue weighted by Crippen LogP contribution is -2.05. The lowest BCUT2D eigenvalue weighted by atomic mass is 10.1. The van der Waals surface area contributed by atoms with Crippen LogP contribution in [0.5, 0.6) is 0 Å². The number of carboxylic acid groups (broad SMARTS) is 1. The van der Waals surface area contributed by atoms with Crippen molar-refractivity contribution in [3.63, 3.8) is 0 Å². The number of carbonyl (C=O) groups is 1. The lowest BCUT2D eigenvalue weighted by Gasteiger charge is -2.13. The van der Waals surface area contributed by atoms with Gasteiger partial charge in [0.2, 0.25) is 5.95 Å². The molecule has 0 bridgehead atoms. The molecule has 29 heavy (non-hydrogen) atoms. The van der Waals surface area contributed by atoms with Gasteiger partial charge in [-0.1, -0.05) is 11.6 Å². The van der Waals surface area contributed by atoms with Gasteiger partial charge in [-0.3, -0.25) is 4.98 Å². The van der Waals surface area contributed by atoms with Crippen molar-refractivity contribution < 1.29 is 14.3 Å². The number of rotatable bonds is 5. The minimum atomic E-state index is -1.07. The smallest absolute Gasteiger partial charge is 0.337 e. The van der Waals surface area contributed by atoms with Gasteiger partial charge in [0.15, 0.2) is 0 Å². The summed E-state index contributed by atoms with van der Waals surface area (Å²) >= 11 is 5.82. The Hall–Kier alpha value is -3.78. The number of aromatic nitrogens is 4. The molecule has 0 aliphatic carbocycles. The molecule has 3 aromatic heterocycles. The molecule has 0 unspecified atom stereocenters. The Morgan fingerprint density at radius 3 is 2.66 bits per heavy atom. The van der Waals surface area contributed by atoms with E-state index in [4.69, 9.17) is 11.6 Å². The van der Waals surface area contributed by atoms with Gasteiger partial charge >= 0.3 is 5.97 Å². The number of anilines is 2. The van der Waals surface area contributed by atoms with Gasteiger partial charge in [-0.15, -0.1) is 0 Å². The van der Waals surface area contributed by atoms with Gasteiger partial charge in [0, 0.05) is 47.8 Å². The summed E-state index contributed by atoms with van der Waals surface area (Å²) in [5.41, 5.74) is 1.74. The summed E-state index contributed by atoms with van der Waals surface area (Å²) in [6, 6.07) is 9.38. The first-order valence-electron chi connectivity index (χ1n) is 8.42. The highest BCUT2D eigenvalue weighted by Gasteiger charge is 2.14. The van der Waals surface area contributed by atoms with Crippen LogP contribution in [0.3, 0.4) is 0 Å². The normalized spacial score (nSPS) is 10.7. The van der Waals surface area contributed by atoms with E-state index in [0.29, 0.717) is 22.6 Å². The molecule has 144 valence electrons. The Morgan fingerprint density at radius 2 is 1.93 bits per heavy atom. The number of nitrogens with zero attached hydrogens (tertiary/aromatic N) is 4. The van der Waals surface area contributed by atoms with Crippen LogP contribution in [-0.4, -0.2) is 30.6 Å². The van der Waals surface area contributed by atoms with E-state index in [0.717, 1.165) is 0 Å². The molecule has 2 N–H and O–H groups in total. The zero-order chi connectivity index (χ0) is 20.4. The van der Waals surface area contributed by atoms with Crippen LogP contribution < -0.4 is 5.32 Å². The summed E-state index contributed by atoms with van der Waals surface area (Å²) in [5, 5.41) is 12.2. The van der Waals surface area contributed by atoms with E-state index in [1.807, 2.05) is 12.1 Å². The second kappa shape index (κ2) is 7.69. The monoisotopic (exact) mass is 409 g/mol. The number of aromatic carboxylic acids is 1. The number of halogens is 2. The molecule has 0 aliphatic rings. The zero-order valence-electron chi connectivity index (χ0n) is 14.8. The second-order valence-corrected chi connectivity index (χ2v) is 6.45. The quantitative estimate of drug-likeness (QED) is 0.501. The van der Waals surface area contributed by atoms with Crippen LogP contribution in [0, 0.1) is 5.82 Å². The van der Waals surface area contributed by atoms with E-state index in [1.54, 1.807) is 29.4 Å². The van der Waals surface area contributed by atoms with Gasteiger partial charge in [0.05, 0.1) is 10.6 Å². The Morgan fingerprint density at radius 1 is 1.14 bits per heavy atom. The van der Waals surface area contributed by atoms with Crippen molar-refractivity contribution in [2.45, 2.75) is 0 Å². The molecule has 9 heteroatoms. The fourth-order valence-corrected chi connectivity index (χ4v) is 2.90. The van der Waals surface area contributed by atoms with Crippen molar-refractivity contribution in [3.8, 4) is 16.9 Å². The Labute approximate surface area is 169 Å². The van der Waals surface area contributed by atoms with Gasteiger partial charge in [-0.25, -0.2) is 14.2 Å². The average molecular weight is 410 g/mol. The largest absolute Gasteiger partial charge is 0.478 e. The topological polar surface area (TPSA) is 92.9 Å². The molecular formula is C20H13ClFN5O2.